The molecule has 0 bridgehead atoms. The van der Waals surface area contributed by atoms with E-state index in [1.54, 1.807) is 12.3 Å². The molecule has 0 aliphatic rings. The molecule has 54 valence electrons. The van der Waals surface area contributed by atoms with Crippen molar-refractivity contribution >= 4 is 6.41 Å². The van der Waals surface area contributed by atoms with Gasteiger partial charge in [0.05, 0.1) is 12.3 Å². The van der Waals surface area contributed by atoms with E-state index in [1.807, 2.05) is 13.0 Å². The Kier molecular flexibility index (Phi) is 2.10. The molecule has 0 saturated carbocycles. The van der Waals surface area contributed by atoms with Crippen LogP contribution in [0, 0.1) is 0 Å². The summed E-state index contributed by atoms with van der Waals surface area (Å²) < 4.78 is 5.03. The average molecular weight is 139 g/mol. The van der Waals surface area contributed by atoms with Crippen molar-refractivity contribution < 1.29 is 9.21 Å². The summed E-state index contributed by atoms with van der Waals surface area (Å²) in [6, 6.07) is 3.58. The lowest BCUT2D eigenvalue weighted by Crippen LogP contribution is -2.15. The van der Waals surface area contributed by atoms with Gasteiger partial charge in [-0.25, -0.2) is 0 Å². The van der Waals surface area contributed by atoms with Gasteiger partial charge in [-0.05, 0) is 19.1 Å². The lowest BCUT2D eigenvalue weighted by molar-refractivity contribution is -0.110. The zero-order chi connectivity index (χ0) is 7.40. The molecule has 0 aliphatic carbocycles. The maximum atomic E-state index is 9.96. The number of carbonyl (C=O) groups excluding carboxylic acids is 1. The van der Waals surface area contributed by atoms with E-state index in [1.165, 1.54) is 0 Å². The average Bonchev–Trinajstić information content (AvgIpc) is 2.38. The van der Waals surface area contributed by atoms with E-state index in [0.29, 0.717) is 6.41 Å². The standard InChI is InChI=1S/C7H9NO2/c1-6(8-5-9)7-3-2-4-10-7/h2-6H,1H3,(H,8,9)/t6-/m0/s1. The Bertz CT molecular complexity index is 193. The molecular weight excluding hydrogens is 130 g/mol. The summed E-state index contributed by atoms with van der Waals surface area (Å²) in [5.74, 6) is 0.770. The third-order valence-corrected chi connectivity index (χ3v) is 1.29. The van der Waals surface area contributed by atoms with Crippen LogP contribution in [0.5, 0.6) is 0 Å². The molecular formula is C7H9NO2. The molecule has 1 aromatic heterocycles. The highest BCUT2D eigenvalue weighted by molar-refractivity contribution is 5.46. The minimum Gasteiger partial charge on any atom is -0.467 e. The van der Waals surface area contributed by atoms with Gasteiger partial charge < -0.3 is 9.73 Å². The van der Waals surface area contributed by atoms with E-state index < -0.39 is 0 Å². The fourth-order valence-electron chi connectivity index (χ4n) is 0.722. The predicted octanol–water partition coefficient (Wildman–Crippen LogP) is 1.09. The minimum absolute atomic E-state index is 0.0347. The molecule has 1 aromatic rings. The Morgan fingerprint density at radius 3 is 3.10 bits per heavy atom. The number of hydrogen-bond acceptors (Lipinski definition) is 2. The van der Waals surface area contributed by atoms with E-state index in [0.717, 1.165) is 5.76 Å². The van der Waals surface area contributed by atoms with Crippen LogP contribution in [0.1, 0.15) is 18.7 Å². The summed E-state index contributed by atoms with van der Waals surface area (Å²) in [6.07, 6.45) is 2.24. The smallest absolute Gasteiger partial charge is 0.207 e. The van der Waals surface area contributed by atoms with Gasteiger partial charge in [0, 0.05) is 0 Å². The number of furan rings is 1. The van der Waals surface area contributed by atoms with Crippen LogP contribution in [0.3, 0.4) is 0 Å². The maximum absolute atomic E-state index is 9.96. The van der Waals surface area contributed by atoms with Gasteiger partial charge in [-0.3, -0.25) is 4.79 Å². The van der Waals surface area contributed by atoms with E-state index in [2.05, 4.69) is 5.32 Å². The summed E-state index contributed by atoms with van der Waals surface area (Å²) in [4.78, 5) is 9.96. The van der Waals surface area contributed by atoms with Gasteiger partial charge >= 0.3 is 0 Å². The maximum Gasteiger partial charge on any atom is 0.207 e. The second-order valence-electron chi connectivity index (χ2n) is 2.02. The number of amides is 1. The van der Waals surface area contributed by atoms with E-state index in [9.17, 15) is 4.79 Å². The summed E-state index contributed by atoms with van der Waals surface area (Å²) in [5, 5.41) is 2.57. The number of nitrogens with one attached hydrogen (secondary N) is 1. The van der Waals surface area contributed by atoms with Gasteiger partial charge in [0.2, 0.25) is 6.41 Å². The van der Waals surface area contributed by atoms with Crippen molar-refractivity contribution in [2.75, 3.05) is 0 Å². The monoisotopic (exact) mass is 139 g/mol. The third-order valence-electron chi connectivity index (χ3n) is 1.29. The first-order valence-electron chi connectivity index (χ1n) is 3.07. The minimum atomic E-state index is -0.0347. The summed E-state index contributed by atoms with van der Waals surface area (Å²) in [7, 11) is 0. The summed E-state index contributed by atoms with van der Waals surface area (Å²) >= 11 is 0. The molecule has 10 heavy (non-hydrogen) atoms. The number of hydrogen-bond donors (Lipinski definition) is 1. The normalized spacial score (nSPS) is 12.5. The van der Waals surface area contributed by atoms with Crippen molar-refractivity contribution in [1.82, 2.24) is 5.32 Å². The zero-order valence-corrected chi connectivity index (χ0v) is 5.70. The van der Waals surface area contributed by atoms with Crippen molar-refractivity contribution in [2.24, 2.45) is 0 Å². The van der Waals surface area contributed by atoms with Crippen LogP contribution in [0.15, 0.2) is 22.8 Å². The summed E-state index contributed by atoms with van der Waals surface area (Å²) in [5.41, 5.74) is 0. The van der Waals surface area contributed by atoms with Gasteiger partial charge in [0.25, 0.3) is 0 Å². The van der Waals surface area contributed by atoms with E-state index in [-0.39, 0.29) is 6.04 Å². The van der Waals surface area contributed by atoms with Crippen LogP contribution in [0.25, 0.3) is 0 Å². The molecule has 0 spiro atoms. The van der Waals surface area contributed by atoms with Gasteiger partial charge in [-0.1, -0.05) is 0 Å². The van der Waals surface area contributed by atoms with Crippen LogP contribution >= 0.6 is 0 Å². The lowest BCUT2D eigenvalue weighted by Gasteiger charge is -2.04. The van der Waals surface area contributed by atoms with E-state index >= 15 is 0 Å². The van der Waals surface area contributed by atoms with Crippen LogP contribution in [-0.2, 0) is 4.79 Å². The van der Waals surface area contributed by atoms with Crippen molar-refractivity contribution in [2.45, 2.75) is 13.0 Å². The SMILES string of the molecule is C[C@H](NC=O)c1ccco1. The zero-order valence-electron chi connectivity index (χ0n) is 5.70. The first-order valence-corrected chi connectivity index (χ1v) is 3.07. The second-order valence-corrected chi connectivity index (χ2v) is 2.02. The molecule has 0 aromatic carbocycles. The molecule has 3 heteroatoms. The van der Waals surface area contributed by atoms with Crippen LogP contribution in [0.4, 0.5) is 0 Å². The molecule has 0 saturated heterocycles. The van der Waals surface area contributed by atoms with Crippen molar-refractivity contribution in [3.63, 3.8) is 0 Å². The first-order chi connectivity index (χ1) is 4.84. The highest BCUT2D eigenvalue weighted by atomic mass is 16.3. The fourth-order valence-corrected chi connectivity index (χ4v) is 0.722. The Hall–Kier alpha value is -1.25. The topological polar surface area (TPSA) is 42.2 Å². The van der Waals surface area contributed by atoms with Crippen molar-refractivity contribution in [3.05, 3.63) is 24.2 Å². The molecule has 1 heterocycles. The molecule has 1 N–H and O–H groups in total. The number of rotatable bonds is 3. The van der Waals surface area contributed by atoms with Crippen molar-refractivity contribution in [1.29, 1.82) is 0 Å². The second kappa shape index (κ2) is 3.06. The molecule has 0 unspecified atom stereocenters. The predicted molar refractivity (Wildman–Crippen MR) is 36.3 cm³/mol. The molecule has 1 atom stereocenters. The quantitative estimate of drug-likeness (QED) is 0.637. The Morgan fingerprint density at radius 1 is 1.80 bits per heavy atom. The van der Waals surface area contributed by atoms with Crippen LogP contribution in [0.2, 0.25) is 0 Å². The Labute approximate surface area is 59.0 Å². The molecule has 0 aliphatic heterocycles. The largest absolute Gasteiger partial charge is 0.467 e. The molecule has 1 amide bonds. The number of carbonyl (C=O) groups is 1. The highest BCUT2D eigenvalue weighted by Crippen LogP contribution is 2.10. The van der Waals surface area contributed by atoms with E-state index in [4.69, 9.17) is 4.42 Å². The van der Waals surface area contributed by atoms with Crippen molar-refractivity contribution in [3.8, 4) is 0 Å². The molecule has 1 rings (SSSR count). The molecule has 0 radical (unpaired) electrons. The lowest BCUT2D eigenvalue weighted by atomic mass is 10.3. The summed E-state index contributed by atoms with van der Waals surface area (Å²) in [6.45, 7) is 1.85. The molecule has 3 nitrogen and oxygen atoms in total. The molecule has 0 fully saturated rings. The van der Waals surface area contributed by atoms with Gasteiger partial charge in [0.15, 0.2) is 0 Å². The Morgan fingerprint density at radius 2 is 2.60 bits per heavy atom. The van der Waals surface area contributed by atoms with Crippen LogP contribution < -0.4 is 5.32 Å². The van der Waals surface area contributed by atoms with Gasteiger partial charge in [-0.15, -0.1) is 0 Å². The Balaban J connectivity index is 2.58. The highest BCUT2D eigenvalue weighted by Gasteiger charge is 2.04. The fraction of sp³-hybridized carbons (Fsp3) is 0.286. The van der Waals surface area contributed by atoms with Crippen LogP contribution in [-0.4, -0.2) is 6.41 Å². The van der Waals surface area contributed by atoms with Gasteiger partial charge in [-0.2, -0.15) is 0 Å². The van der Waals surface area contributed by atoms with Gasteiger partial charge in [0.1, 0.15) is 5.76 Å². The third kappa shape index (κ3) is 1.37. The first kappa shape index (κ1) is 6.86.